The molecule has 0 amide bonds. The first-order chi connectivity index (χ1) is 9.13. The number of ether oxygens (including phenoxy) is 1. The third-order valence-corrected chi connectivity index (χ3v) is 3.63. The molecule has 2 aromatic rings. The Bertz CT molecular complexity index is 585. The summed E-state index contributed by atoms with van der Waals surface area (Å²) < 4.78 is 5.67. The van der Waals surface area contributed by atoms with Crippen LogP contribution >= 0.6 is 23.2 Å². The van der Waals surface area contributed by atoms with E-state index in [2.05, 4.69) is 10.2 Å². The highest BCUT2D eigenvalue weighted by Crippen LogP contribution is 2.39. The van der Waals surface area contributed by atoms with E-state index in [1.165, 1.54) is 12.8 Å². The zero-order valence-corrected chi connectivity index (χ0v) is 11.6. The molecule has 0 unspecified atom stereocenters. The Balaban J connectivity index is 1.87. The monoisotopic (exact) mass is 297 g/mol. The van der Waals surface area contributed by atoms with E-state index in [0.717, 1.165) is 11.3 Å². The summed E-state index contributed by atoms with van der Waals surface area (Å²) in [5.74, 6) is 1.63. The molecule has 4 nitrogen and oxygen atoms in total. The summed E-state index contributed by atoms with van der Waals surface area (Å²) in [6.45, 7) is 0.676. The fourth-order valence-corrected chi connectivity index (χ4v) is 2.42. The highest BCUT2D eigenvalue weighted by atomic mass is 35.5. The number of rotatable bonds is 4. The molecule has 0 atom stereocenters. The summed E-state index contributed by atoms with van der Waals surface area (Å²) in [6, 6.07) is 5.32. The molecule has 0 bridgehead atoms. The molecule has 1 aliphatic rings. The second-order valence-corrected chi connectivity index (χ2v) is 5.54. The summed E-state index contributed by atoms with van der Waals surface area (Å²) in [5.41, 5.74) is 7.18. The summed E-state index contributed by atoms with van der Waals surface area (Å²) in [7, 11) is 0. The van der Waals surface area contributed by atoms with Crippen molar-refractivity contribution < 1.29 is 4.74 Å². The number of nitrogens with two attached hydrogens (primary N) is 1. The summed E-state index contributed by atoms with van der Waals surface area (Å²) >= 11 is 12.4. The Kier molecular flexibility index (Phi) is 3.29. The van der Waals surface area contributed by atoms with Crippen molar-refractivity contribution in [3.05, 3.63) is 28.2 Å². The van der Waals surface area contributed by atoms with Crippen molar-refractivity contribution in [1.29, 1.82) is 0 Å². The van der Waals surface area contributed by atoms with Gasteiger partial charge in [-0.15, -0.1) is 0 Å². The van der Waals surface area contributed by atoms with E-state index in [1.807, 2.05) is 0 Å². The van der Waals surface area contributed by atoms with Gasteiger partial charge in [0.05, 0.1) is 22.3 Å². The molecule has 1 heterocycles. The number of aromatic nitrogens is 2. The molecule has 1 aromatic carbocycles. The van der Waals surface area contributed by atoms with Gasteiger partial charge in [0.1, 0.15) is 5.82 Å². The average molecular weight is 298 g/mol. The lowest BCUT2D eigenvalue weighted by Gasteiger charge is -2.10. The standard InChI is InChI=1S/C13H13Cl2N3O/c14-9-3-8(11-5-12(16)18-17-11)4-10(15)13(9)19-6-7-1-2-7/h3-5,7H,1-2,6H2,(H3,16,17,18). The number of benzene rings is 1. The Morgan fingerprint density at radius 2 is 1.95 bits per heavy atom. The second kappa shape index (κ2) is 4.94. The van der Waals surface area contributed by atoms with Gasteiger partial charge in [0.2, 0.25) is 0 Å². The molecule has 3 rings (SSSR count). The van der Waals surface area contributed by atoms with Crippen LogP contribution in [0.25, 0.3) is 11.3 Å². The molecule has 19 heavy (non-hydrogen) atoms. The minimum absolute atomic E-state index is 0.427. The first-order valence-corrected chi connectivity index (χ1v) is 6.82. The van der Waals surface area contributed by atoms with E-state index in [9.17, 15) is 0 Å². The van der Waals surface area contributed by atoms with Gasteiger partial charge in [-0.2, -0.15) is 5.10 Å². The van der Waals surface area contributed by atoms with Crippen LogP contribution in [0.2, 0.25) is 10.0 Å². The highest BCUT2D eigenvalue weighted by molar-refractivity contribution is 6.37. The van der Waals surface area contributed by atoms with E-state index in [1.54, 1.807) is 18.2 Å². The molecule has 100 valence electrons. The number of nitrogens with one attached hydrogen (secondary N) is 1. The number of nitrogens with zero attached hydrogens (tertiary/aromatic N) is 1. The van der Waals surface area contributed by atoms with Crippen LogP contribution in [0.4, 0.5) is 5.82 Å². The highest BCUT2D eigenvalue weighted by Gasteiger charge is 2.23. The van der Waals surface area contributed by atoms with Crippen LogP contribution in [0.1, 0.15) is 12.8 Å². The molecule has 1 fully saturated rings. The van der Waals surface area contributed by atoms with Crippen LogP contribution in [-0.2, 0) is 0 Å². The molecule has 0 radical (unpaired) electrons. The quantitative estimate of drug-likeness (QED) is 0.903. The lowest BCUT2D eigenvalue weighted by molar-refractivity contribution is 0.300. The molecule has 0 saturated heterocycles. The van der Waals surface area contributed by atoms with E-state index < -0.39 is 0 Å². The number of anilines is 1. The van der Waals surface area contributed by atoms with Crippen LogP contribution in [0.15, 0.2) is 18.2 Å². The molecular formula is C13H13Cl2N3O. The summed E-state index contributed by atoms with van der Waals surface area (Å²) in [4.78, 5) is 0. The van der Waals surface area contributed by atoms with Gasteiger partial charge in [-0.3, -0.25) is 5.10 Å². The largest absolute Gasteiger partial charge is 0.490 e. The smallest absolute Gasteiger partial charge is 0.156 e. The fraction of sp³-hybridized carbons (Fsp3) is 0.308. The number of halogens is 2. The average Bonchev–Trinajstić information content (AvgIpc) is 3.08. The maximum absolute atomic E-state index is 6.22. The van der Waals surface area contributed by atoms with Crippen molar-refractivity contribution >= 4 is 29.0 Å². The van der Waals surface area contributed by atoms with Crippen LogP contribution in [-0.4, -0.2) is 16.8 Å². The van der Waals surface area contributed by atoms with Gasteiger partial charge in [-0.1, -0.05) is 23.2 Å². The van der Waals surface area contributed by atoms with E-state index in [4.69, 9.17) is 33.7 Å². The number of nitrogen functional groups attached to an aromatic ring is 1. The first kappa shape index (κ1) is 12.6. The Morgan fingerprint density at radius 3 is 2.47 bits per heavy atom. The molecule has 3 N–H and O–H groups in total. The van der Waals surface area contributed by atoms with Crippen molar-refractivity contribution in [2.45, 2.75) is 12.8 Å². The number of H-pyrrole nitrogens is 1. The van der Waals surface area contributed by atoms with E-state index in [0.29, 0.717) is 34.1 Å². The maximum Gasteiger partial charge on any atom is 0.156 e. The minimum atomic E-state index is 0.427. The van der Waals surface area contributed by atoms with Gasteiger partial charge in [-0.25, -0.2) is 0 Å². The van der Waals surface area contributed by atoms with Crippen molar-refractivity contribution in [3.8, 4) is 17.0 Å². The predicted molar refractivity (Wildman–Crippen MR) is 76.7 cm³/mol. The lowest BCUT2D eigenvalue weighted by Crippen LogP contribution is -2.00. The maximum atomic E-state index is 6.22. The Hall–Kier alpha value is -1.39. The van der Waals surface area contributed by atoms with Crippen molar-refractivity contribution in [3.63, 3.8) is 0 Å². The SMILES string of the molecule is Nc1cc(-c2cc(Cl)c(OCC3CC3)c(Cl)c2)[nH]n1. The van der Waals surface area contributed by atoms with Gasteiger partial charge in [0.25, 0.3) is 0 Å². The molecule has 0 spiro atoms. The topological polar surface area (TPSA) is 63.9 Å². The number of hydrogen-bond acceptors (Lipinski definition) is 3. The van der Waals surface area contributed by atoms with Crippen LogP contribution in [0.3, 0.4) is 0 Å². The van der Waals surface area contributed by atoms with Gasteiger partial charge in [-0.05, 0) is 30.9 Å². The zero-order valence-electron chi connectivity index (χ0n) is 10.1. The molecular weight excluding hydrogens is 285 g/mol. The Morgan fingerprint density at radius 1 is 1.26 bits per heavy atom. The molecule has 1 aliphatic carbocycles. The lowest BCUT2D eigenvalue weighted by atomic mass is 10.1. The van der Waals surface area contributed by atoms with Crippen LogP contribution in [0, 0.1) is 5.92 Å². The van der Waals surface area contributed by atoms with E-state index >= 15 is 0 Å². The molecule has 0 aliphatic heterocycles. The van der Waals surface area contributed by atoms with E-state index in [-0.39, 0.29) is 0 Å². The first-order valence-electron chi connectivity index (χ1n) is 6.06. The summed E-state index contributed by atoms with van der Waals surface area (Å²) in [6.07, 6.45) is 2.45. The third kappa shape index (κ3) is 2.80. The summed E-state index contributed by atoms with van der Waals surface area (Å²) in [5, 5.41) is 7.69. The molecule has 6 heteroatoms. The van der Waals surface area contributed by atoms with Gasteiger partial charge >= 0.3 is 0 Å². The zero-order chi connectivity index (χ0) is 13.4. The van der Waals surface area contributed by atoms with Gasteiger partial charge in [0.15, 0.2) is 5.75 Å². The fourth-order valence-electron chi connectivity index (χ4n) is 1.82. The molecule has 1 saturated carbocycles. The van der Waals surface area contributed by atoms with Gasteiger partial charge < -0.3 is 10.5 Å². The third-order valence-electron chi connectivity index (χ3n) is 3.07. The number of hydrogen-bond donors (Lipinski definition) is 2. The van der Waals surface area contributed by atoms with Crippen molar-refractivity contribution in [2.75, 3.05) is 12.3 Å². The predicted octanol–water partition coefficient (Wildman–Crippen LogP) is 3.75. The Labute approximate surface area is 120 Å². The second-order valence-electron chi connectivity index (χ2n) is 4.73. The van der Waals surface area contributed by atoms with Gasteiger partial charge in [0, 0.05) is 11.6 Å². The van der Waals surface area contributed by atoms with Crippen molar-refractivity contribution in [1.82, 2.24) is 10.2 Å². The number of aromatic amines is 1. The minimum Gasteiger partial charge on any atom is -0.490 e. The normalized spacial score (nSPS) is 14.6. The molecule has 1 aromatic heterocycles. The van der Waals surface area contributed by atoms with Crippen LogP contribution < -0.4 is 10.5 Å². The van der Waals surface area contributed by atoms with Crippen LogP contribution in [0.5, 0.6) is 5.75 Å². The van der Waals surface area contributed by atoms with Crippen molar-refractivity contribution in [2.24, 2.45) is 5.92 Å².